The Bertz CT molecular complexity index is 304. The summed E-state index contributed by atoms with van der Waals surface area (Å²) in [5.41, 5.74) is 8.70. The first-order valence-corrected chi connectivity index (χ1v) is 6.00. The van der Waals surface area contributed by atoms with Crippen LogP contribution in [0.2, 0.25) is 0 Å². The number of H-pyrrole nitrogens is 1. The summed E-state index contributed by atoms with van der Waals surface area (Å²) < 4.78 is 0. The van der Waals surface area contributed by atoms with E-state index in [-0.39, 0.29) is 6.04 Å². The third-order valence-corrected chi connectivity index (χ3v) is 3.05. The first kappa shape index (κ1) is 10.7. The van der Waals surface area contributed by atoms with Crippen LogP contribution in [0.1, 0.15) is 56.4 Å². The summed E-state index contributed by atoms with van der Waals surface area (Å²) in [6.45, 7) is 4.39. The Balaban J connectivity index is 2.11. The smallest absolute Gasteiger partial charge is 0.123 e. The number of hydrogen-bond donors (Lipinski definition) is 2. The van der Waals surface area contributed by atoms with E-state index in [1.54, 1.807) is 0 Å². The van der Waals surface area contributed by atoms with Crippen LogP contribution in [0.25, 0.3) is 0 Å². The molecule has 0 radical (unpaired) electrons. The molecule has 3 nitrogen and oxygen atoms in total. The average molecular weight is 207 g/mol. The summed E-state index contributed by atoms with van der Waals surface area (Å²) >= 11 is 0. The third kappa shape index (κ3) is 2.40. The van der Waals surface area contributed by atoms with Crippen molar-refractivity contribution in [2.75, 3.05) is 0 Å². The molecule has 84 valence electrons. The van der Waals surface area contributed by atoms with Crippen LogP contribution in [0.4, 0.5) is 0 Å². The highest BCUT2D eigenvalue weighted by atomic mass is 15.0. The van der Waals surface area contributed by atoms with Crippen molar-refractivity contribution in [3.63, 3.8) is 0 Å². The number of nitrogens with two attached hydrogens (primary N) is 1. The maximum absolute atomic E-state index is 6.11. The van der Waals surface area contributed by atoms with Gasteiger partial charge in [0.1, 0.15) is 5.82 Å². The van der Waals surface area contributed by atoms with Gasteiger partial charge in [-0.05, 0) is 38.0 Å². The largest absolute Gasteiger partial charge is 0.344 e. The van der Waals surface area contributed by atoms with Crippen molar-refractivity contribution in [3.05, 3.63) is 17.2 Å². The molecule has 0 amide bonds. The minimum Gasteiger partial charge on any atom is -0.344 e. The summed E-state index contributed by atoms with van der Waals surface area (Å²) in [6, 6.07) is 0.0793. The molecule has 15 heavy (non-hydrogen) atoms. The number of aromatic nitrogens is 2. The summed E-state index contributed by atoms with van der Waals surface area (Å²) in [4.78, 5) is 8.03. The summed E-state index contributed by atoms with van der Waals surface area (Å²) in [6.07, 6.45) is 5.84. The lowest BCUT2D eigenvalue weighted by Gasteiger charge is -2.10. The Labute approximate surface area is 91.5 Å². The fourth-order valence-corrected chi connectivity index (χ4v) is 2.27. The molecule has 0 aliphatic heterocycles. The first-order valence-electron chi connectivity index (χ1n) is 6.00. The van der Waals surface area contributed by atoms with Crippen LogP contribution >= 0.6 is 0 Å². The summed E-state index contributed by atoms with van der Waals surface area (Å²) in [5, 5.41) is 0. The van der Waals surface area contributed by atoms with Crippen LogP contribution in [-0.4, -0.2) is 9.97 Å². The number of nitrogens with one attached hydrogen (secondary N) is 1. The van der Waals surface area contributed by atoms with Crippen LogP contribution in [0.3, 0.4) is 0 Å². The molecule has 1 aliphatic rings. The highest BCUT2D eigenvalue weighted by Crippen LogP contribution is 2.23. The molecule has 0 bridgehead atoms. The van der Waals surface area contributed by atoms with E-state index >= 15 is 0 Å². The van der Waals surface area contributed by atoms with Crippen LogP contribution in [-0.2, 0) is 12.8 Å². The second kappa shape index (κ2) is 4.35. The molecule has 1 atom stereocenters. The Morgan fingerprint density at radius 3 is 2.73 bits per heavy atom. The van der Waals surface area contributed by atoms with E-state index in [0.29, 0.717) is 5.92 Å². The van der Waals surface area contributed by atoms with E-state index in [0.717, 1.165) is 25.1 Å². The minimum absolute atomic E-state index is 0.0793. The molecule has 1 aromatic heterocycles. The molecule has 0 fully saturated rings. The normalized spacial score (nSPS) is 17.9. The van der Waals surface area contributed by atoms with Gasteiger partial charge in [-0.25, -0.2) is 4.98 Å². The van der Waals surface area contributed by atoms with Crippen LogP contribution in [0, 0.1) is 5.92 Å². The van der Waals surface area contributed by atoms with Crippen molar-refractivity contribution in [1.29, 1.82) is 0 Å². The van der Waals surface area contributed by atoms with Crippen LogP contribution in [0.5, 0.6) is 0 Å². The molecule has 1 heterocycles. The molecule has 0 aromatic carbocycles. The van der Waals surface area contributed by atoms with Crippen molar-refractivity contribution in [3.8, 4) is 0 Å². The van der Waals surface area contributed by atoms with Crippen molar-refractivity contribution >= 4 is 0 Å². The molecule has 3 heteroatoms. The molecule has 1 aromatic rings. The van der Waals surface area contributed by atoms with Crippen molar-refractivity contribution in [2.45, 2.75) is 52.0 Å². The number of aryl methyl sites for hydroxylation is 2. The summed E-state index contributed by atoms with van der Waals surface area (Å²) in [7, 11) is 0. The van der Waals surface area contributed by atoms with Gasteiger partial charge in [-0.2, -0.15) is 0 Å². The molecule has 1 aliphatic carbocycles. The average Bonchev–Trinajstić information content (AvgIpc) is 2.59. The van der Waals surface area contributed by atoms with Gasteiger partial charge in [0, 0.05) is 5.69 Å². The Morgan fingerprint density at radius 2 is 2.07 bits per heavy atom. The Morgan fingerprint density at radius 1 is 1.33 bits per heavy atom. The van der Waals surface area contributed by atoms with Crippen LogP contribution in [0.15, 0.2) is 0 Å². The lowest BCUT2D eigenvalue weighted by atomic mass is 10.0. The van der Waals surface area contributed by atoms with Gasteiger partial charge in [-0.3, -0.25) is 0 Å². The standard InChI is InChI=1S/C12H21N3/c1-8(2)7-9(13)12-14-10-5-3-4-6-11(10)15-12/h8-9H,3-7,13H2,1-2H3,(H,14,15). The zero-order valence-corrected chi connectivity index (χ0v) is 9.71. The number of imidazole rings is 1. The van der Waals surface area contributed by atoms with E-state index in [1.165, 1.54) is 24.2 Å². The van der Waals surface area contributed by atoms with Crippen molar-refractivity contribution in [1.82, 2.24) is 9.97 Å². The number of aromatic amines is 1. The number of nitrogens with zero attached hydrogens (tertiary/aromatic N) is 1. The van der Waals surface area contributed by atoms with E-state index in [9.17, 15) is 0 Å². The second-order valence-corrected chi connectivity index (χ2v) is 4.99. The van der Waals surface area contributed by atoms with E-state index in [1.807, 2.05) is 0 Å². The van der Waals surface area contributed by atoms with Crippen molar-refractivity contribution in [2.24, 2.45) is 11.7 Å². The second-order valence-electron chi connectivity index (χ2n) is 4.99. The zero-order valence-electron chi connectivity index (χ0n) is 9.71. The topological polar surface area (TPSA) is 54.7 Å². The summed E-state index contributed by atoms with van der Waals surface area (Å²) in [5.74, 6) is 1.62. The number of rotatable bonds is 3. The zero-order chi connectivity index (χ0) is 10.8. The first-order chi connectivity index (χ1) is 7.16. The predicted molar refractivity (Wildman–Crippen MR) is 61.6 cm³/mol. The molecule has 0 saturated heterocycles. The highest BCUT2D eigenvalue weighted by molar-refractivity contribution is 5.18. The van der Waals surface area contributed by atoms with Gasteiger partial charge >= 0.3 is 0 Å². The highest BCUT2D eigenvalue weighted by Gasteiger charge is 2.18. The number of hydrogen-bond acceptors (Lipinski definition) is 2. The Hall–Kier alpha value is -0.830. The van der Waals surface area contributed by atoms with E-state index < -0.39 is 0 Å². The van der Waals surface area contributed by atoms with Crippen molar-refractivity contribution < 1.29 is 0 Å². The minimum atomic E-state index is 0.0793. The fourth-order valence-electron chi connectivity index (χ4n) is 2.27. The monoisotopic (exact) mass is 207 g/mol. The quantitative estimate of drug-likeness (QED) is 0.799. The maximum Gasteiger partial charge on any atom is 0.123 e. The fraction of sp³-hybridized carbons (Fsp3) is 0.750. The molecular formula is C12H21N3. The van der Waals surface area contributed by atoms with E-state index in [4.69, 9.17) is 5.73 Å². The molecule has 3 N–H and O–H groups in total. The van der Waals surface area contributed by atoms with Gasteiger partial charge in [0.25, 0.3) is 0 Å². The molecule has 1 unspecified atom stereocenters. The SMILES string of the molecule is CC(C)CC(N)c1nc2c([nH]1)CCCC2. The molecule has 2 rings (SSSR count). The molecule has 0 spiro atoms. The Kier molecular flexibility index (Phi) is 3.10. The van der Waals surface area contributed by atoms with Gasteiger partial charge in [0.2, 0.25) is 0 Å². The van der Waals surface area contributed by atoms with E-state index in [2.05, 4.69) is 23.8 Å². The third-order valence-electron chi connectivity index (χ3n) is 3.05. The predicted octanol–water partition coefficient (Wildman–Crippen LogP) is 2.33. The van der Waals surface area contributed by atoms with Gasteiger partial charge in [0.15, 0.2) is 0 Å². The van der Waals surface area contributed by atoms with Gasteiger partial charge in [-0.1, -0.05) is 13.8 Å². The maximum atomic E-state index is 6.11. The van der Waals surface area contributed by atoms with Gasteiger partial charge < -0.3 is 10.7 Å². The lowest BCUT2D eigenvalue weighted by Crippen LogP contribution is -2.14. The molecule has 0 saturated carbocycles. The lowest BCUT2D eigenvalue weighted by molar-refractivity contribution is 0.495. The number of fused-ring (bicyclic) bond motifs is 1. The van der Waals surface area contributed by atoms with Gasteiger partial charge in [-0.15, -0.1) is 0 Å². The molecular weight excluding hydrogens is 186 g/mol. The van der Waals surface area contributed by atoms with Crippen LogP contribution < -0.4 is 5.73 Å². The van der Waals surface area contributed by atoms with Gasteiger partial charge in [0.05, 0.1) is 11.7 Å².